The first-order chi connectivity index (χ1) is 12.4. The van der Waals surface area contributed by atoms with E-state index in [-0.39, 0.29) is 28.8 Å². The Morgan fingerprint density at radius 1 is 1.27 bits per heavy atom. The summed E-state index contributed by atoms with van der Waals surface area (Å²) in [7, 11) is 0. The lowest BCUT2D eigenvalue weighted by Crippen LogP contribution is -2.29. The highest BCUT2D eigenvalue weighted by molar-refractivity contribution is 7.21. The summed E-state index contributed by atoms with van der Waals surface area (Å²) >= 11 is 7.12. The maximum atomic E-state index is 13.2. The summed E-state index contributed by atoms with van der Waals surface area (Å²) in [6, 6.07) is 4.01. The van der Waals surface area contributed by atoms with Crippen LogP contribution in [0.25, 0.3) is 10.1 Å². The van der Waals surface area contributed by atoms with E-state index in [0.29, 0.717) is 23.1 Å². The first-order valence-corrected chi connectivity index (χ1v) is 9.08. The zero-order chi connectivity index (χ0) is 19.1. The van der Waals surface area contributed by atoms with Gasteiger partial charge in [-0.15, -0.1) is 11.3 Å². The minimum Gasteiger partial charge on any atom is -0.466 e. The normalized spacial score (nSPS) is 10.6. The number of amides is 1. The molecule has 1 aromatic heterocycles. The average molecular weight is 402 g/mol. The second-order valence-corrected chi connectivity index (χ2v) is 6.65. The first kappa shape index (κ1) is 20.1. The molecule has 26 heavy (non-hydrogen) atoms. The van der Waals surface area contributed by atoms with E-state index >= 15 is 0 Å². The van der Waals surface area contributed by atoms with Crippen LogP contribution in [0.4, 0.5) is 4.39 Å². The molecule has 0 saturated carbocycles. The quantitative estimate of drug-likeness (QED) is 0.542. The molecule has 0 saturated heterocycles. The number of rotatable bonds is 8. The number of nitrogens with one attached hydrogen (secondary N) is 1. The highest BCUT2D eigenvalue weighted by atomic mass is 35.5. The van der Waals surface area contributed by atoms with Crippen LogP contribution in [0.3, 0.4) is 0 Å². The molecule has 0 radical (unpaired) electrons. The Morgan fingerprint density at radius 3 is 2.77 bits per heavy atom. The maximum absolute atomic E-state index is 13.2. The van der Waals surface area contributed by atoms with Gasteiger partial charge in [-0.3, -0.25) is 9.59 Å². The number of carbonyl (C=O) groups is 3. The first-order valence-electron chi connectivity index (χ1n) is 7.89. The molecule has 0 aliphatic carbocycles. The van der Waals surface area contributed by atoms with Crippen LogP contribution >= 0.6 is 22.9 Å². The zero-order valence-electron chi connectivity index (χ0n) is 14.0. The van der Waals surface area contributed by atoms with E-state index in [1.807, 2.05) is 0 Å². The van der Waals surface area contributed by atoms with Gasteiger partial charge in [-0.1, -0.05) is 11.6 Å². The van der Waals surface area contributed by atoms with E-state index in [0.717, 1.165) is 11.3 Å². The predicted octanol–water partition coefficient (Wildman–Crippen LogP) is 3.31. The third kappa shape index (κ3) is 5.40. The monoisotopic (exact) mass is 401 g/mol. The summed E-state index contributed by atoms with van der Waals surface area (Å²) in [6.07, 6.45) is 0.619. The molecule has 2 aromatic rings. The lowest BCUT2D eigenvalue weighted by Gasteiger charge is -2.06. The van der Waals surface area contributed by atoms with Crippen LogP contribution in [0.5, 0.6) is 0 Å². The molecule has 0 aliphatic rings. The number of fused-ring (bicyclic) bond motifs is 1. The lowest BCUT2D eigenvalue weighted by atomic mass is 10.2. The highest BCUT2D eigenvalue weighted by Gasteiger charge is 2.19. The Kier molecular flexibility index (Phi) is 7.35. The van der Waals surface area contributed by atoms with Crippen LogP contribution in [0, 0.1) is 5.82 Å². The van der Waals surface area contributed by atoms with Crippen molar-refractivity contribution in [1.82, 2.24) is 5.32 Å². The van der Waals surface area contributed by atoms with Gasteiger partial charge in [0.05, 0.1) is 11.6 Å². The van der Waals surface area contributed by atoms with Crippen molar-refractivity contribution in [1.29, 1.82) is 0 Å². The van der Waals surface area contributed by atoms with Crippen molar-refractivity contribution in [2.75, 3.05) is 19.8 Å². The molecule has 9 heteroatoms. The van der Waals surface area contributed by atoms with Crippen molar-refractivity contribution in [2.24, 2.45) is 0 Å². The summed E-state index contributed by atoms with van der Waals surface area (Å²) in [6.45, 7) is 1.82. The number of halogens is 2. The Labute approximate surface area is 158 Å². The number of carbonyl (C=O) groups excluding carboxylic acids is 3. The average Bonchev–Trinajstić information content (AvgIpc) is 2.93. The molecule has 0 aliphatic heterocycles. The number of ether oxygens (including phenoxy) is 2. The largest absolute Gasteiger partial charge is 0.466 e. The van der Waals surface area contributed by atoms with E-state index < -0.39 is 24.3 Å². The smallest absolute Gasteiger partial charge is 0.350 e. The minimum atomic E-state index is -0.752. The SMILES string of the molecule is CCOC(=O)CCCNC(=O)COC(=O)c1sc2cc(F)ccc2c1Cl. The van der Waals surface area contributed by atoms with Gasteiger partial charge < -0.3 is 14.8 Å². The fourth-order valence-corrected chi connectivity index (χ4v) is 3.54. The molecule has 2 rings (SSSR count). The predicted molar refractivity (Wildman–Crippen MR) is 96.0 cm³/mol. The van der Waals surface area contributed by atoms with Crippen LogP contribution in [0.15, 0.2) is 18.2 Å². The number of hydrogen-bond donors (Lipinski definition) is 1. The molecule has 0 atom stereocenters. The Morgan fingerprint density at radius 2 is 2.04 bits per heavy atom. The number of benzene rings is 1. The Balaban J connectivity index is 1.80. The topological polar surface area (TPSA) is 81.7 Å². The van der Waals surface area contributed by atoms with Crippen molar-refractivity contribution in [3.05, 3.63) is 33.9 Å². The van der Waals surface area contributed by atoms with Crippen molar-refractivity contribution in [2.45, 2.75) is 19.8 Å². The second kappa shape index (κ2) is 9.49. The van der Waals surface area contributed by atoms with Gasteiger partial charge in [-0.2, -0.15) is 0 Å². The van der Waals surface area contributed by atoms with Crippen LogP contribution in [0.1, 0.15) is 29.4 Å². The standard InChI is InChI=1S/C17H17ClFNO5S/c1-2-24-14(22)4-3-7-20-13(21)9-25-17(23)16-15(18)11-6-5-10(19)8-12(11)26-16/h5-6,8H,2-4,7,9H2,1H3,(H,20,21). The third-order valence-electron chi connectivity index (χ3n) is 3.30. The lowest BCUT2D eigenvalue weighted by molar-refractivity contribution is -0.143. The number of hydrogen-bond acceptors (Lipinski definition) is 6. The van der Waals surface area contributed by atoms with Crippen LogP contribution in [-0.2, 0) is 19.1 Å². The van der Waals surface area contributed by atoms with Crippen molar-refractivity contribution in [3.63, 3.8) is 0 Å². The van der Waals surface area contributed by atoms with E-state index in [2.05, 4.69) is 5.32 Å². The Hall–Kier alpha value is -2.19. The molecule has 1 N–H and O–H groups in total. The summed E-state index contributed by atoms with van der Waals surface area (Å²) in [5.74, 6) is -2.01. The van der Waals surface area contributed by atoms with Gasteiger partial charge in [-0.25, -0.2) is 9.18 Å². The molecule has 0 spiro atoms. The molecule has 1 heterocycles. The summed E-state index contributed by atoms with van der Waals surface area (Å²) in [5.41, 5.74) is 0. The van der Waals surface area contributed by atoms with E-state index in [1.165, 1.54) is 18.2 Å². The van der Waals surface area contributed by atoms with Crippen molar-refractivity contribution >= 4 is 50.9 Å². The maximum Gasteiger partial charge on any atom is 0.350 e. The Bertz CT molecular complexity index is 823. The minimum absolute atomic E-state index is 0.113. The second-order valence-electron chi connectivity index (χ2n) is 5.22. The van der Waals surface area contributed by atoms with Crippen LogP contribution in [-0.4, -0.2) is 37.6 Å². The molecular weight excluding hydrogens is 385 g/mol. The molecule has 6 nitrogen and oxygen atoms in total. The molecule has 1 amide bonds. The van der Waals surface area contributed by atoms with Crippen LogP contribution < -0.4 is 5.32 Å². The zero-order valence-corrected chi connectivity index (χ0v) is 15.5. The summed E-state index contributed by atoms with van der Waals surface area (Å²) in [5, 5.41) is 3.25. The van der Waals surface area contributed by atoms with Gasteiger partial charge >= 0.3 is 11.9 Å². The van der Waals surface area contributed by atoms with Crippen molar-refractivity contribution in [3.8, 4) is 0 Å². The van der Waals surface area contributed by atoms with E-state index in [9.17, 15) is 18.8 Å². The molecule has 0 fully saturated rings. The molecule has 1 aromatic carbocycles. The number of thiophene rings is 1. The van der Waals surface area contributed by atoms with Gasteiger partial charge in [0.2, 0.25) is 0 Å². The van der Waals surface area contributed by atoms with Gasteiger partial charge in [0, 0.05) is 23.1 Å². The third-order valence-corrected chi connectivity index (χ3v) is 4.93. The van der Waals surface area contributed by atoms with Crippen molar-refractivity contribution < 1.29 is 28.2 Å². The van der Waals surface area contributed by atoms with Gasteiger partial charge in [0.1, 0.15) is 10.7 Å². The van der Waals surface area contributed by atoms with Gasteiger partial charge in [0.15, 0.2) is 6.61 Å². The van der Waals surface area contributed by atoms with Crippen LogP contribution in [0.2, 0.25) is 5.02 Å². The number of esters is 2. The molecule has 140 valence electrons. The highest BCUT2D eigenvalue weighted by Crippen LogP contribution is 2.36. The van der Waals surface area contributed by atoms with E-state index in [4.69, 9.17) is 21.1 Å². The molecule has 0 unspecified atom stereocenters. The van der Waals surface area contributed by atoms with E-state index in [1.54, 1.807) is 6.92 Å². The fourth-order valence-electron chi connectivity index (χ4n) is 2.11. The molecule has 0 bridgehead atoms. The molecular formula is C17H17ClFNO5S. The van der Waals surface area contributed by atoms with Gasteiger partial charge in [0.25, 0.3) is 5.91 Å². The summed E-state index contributed by atoms with van der Waals surface area (Å²) < 4.78 is 23.5. The fraction of sp³-hybridized carbons (Fsp3) is 0.353. The van der Waals surface area contributed by atoms with Gasteiger partial charge in [-0.05, 0) is 31.5 Å². The summed E-state index contributed by atoms with van der Waals surface area (Å²) in [4.78, 5) is 35.0.